The number of rotatable bonds is 4. The lowest BCUT2D eigenvalue weighted by Gasteiger charge is -2.35. The zero-order chi connectivity index (χ0) is 19.8. The number of benzene rings is 1. The van der Waals surface area contributed by atoms with E-state index in [0.29, 0.717) is 6.92 Å². The van der Waals surface area contributed by atoms with Crippen LogP contribution in [0, 0.1) is 11.7 Å². The molecule has 0 aromatic heterocycles. The molecule has 0 aliphatic carbocycles. The number of carbonyl (C=O) groups is 2. The Balaban J connectivity index is 2.52. The summed E-state index contributed by atoms with van der Waals surface area (Å²) in [5, 5.41) is 2.42. The highest BCUT2D eigenvalue weighted by molar-refractivity contribution is 5.72. The van der Waals surface area contributed by atoms with Gasteiger partial charge in [0, 0.05) is 12.5 Å². The van der Waals surface area contributed by atoms with Gasteiger partial charge in [-0.3, -0.25) is 0 Å². The number of hydrogen-bond donors (Lipinski definition) is 1. The maximum Gasteiger partial charge on any atom is 0.408 e. The van der Waals surface area contributed by atoms with Gasteiger partial charge in [0.2, 0.25) is 0 Å². The van der Waals surface area contributed by atoms with Crippen molar-refractivity contribution in [3.05, 3.63) is 35.6 Å². The minimum absolute atomic E-state index is 0.116. The molecule has 1 fully saturated rings. The third-order valence-electron chi connectivity index (χ3n) is 4.11. The van der Waals surface area contributed by atoms with E-state index in [-0.39, 0.29) is 11.8 Å². The fraction of sp³-hybridized carbons (Fsp3) is 0.556. The maximum absolute atomic E-state index is 14.5. The zero-order valence-corrected chi connectivity index (χ0v) is 15.0. The number of alkyl halides is 2. The summed E-state index contributed by atoms with van der Waals surface area (Å²) < 4.78 is 52.6. The van der Waals surface area contributed by atoms with Crippen LogP contribution in [0.5, 0.6) is 0 Å². The Kier molecular flexibility index (Phi) is 5.37. The van der Waals surface area contributed by atoms with Crippen molar-refractivity contribution in [1.82, 2.24) is 5.32 Å². The summed E-state index contributed by atoms with van der Waals surface area (Å²) in [6, 6.07) is 5.34. The zero-order valence-electron chi connectivity index (χ0n) is 15.0. The van der Waals surface area contributed by atoms with Crippen molar-refractivity contribution >= 4 is 12.4 Å². The Labute approximate surface area is 149 Å². The summed E-state index contributed by atoms with van der Waals surface area (Å²) in [6.07, 6.45) is -2.51. The second-order valence-corrected chi connectivity index (χ2v) is 7.43. The molecule has 1 aliphatic heterocycles. The second kappa shape index (κ2) is 6.90. The first-order valence-electron chi connectivity index (χ1n) is 8.11. The lowest BCUT2D eigenvalue weighted by Crippen LogP contribution is -2.55. The number of amides is 1. The van der Waals surface area contributed by atoms with Gasteiger partial charge in [-0.05, 0) is 26.8 Å². The van der Waals surface area contributed by atoms with Crippen LogP contribution >= 0.6 is 0 Å². The van der Waals surface area contributed by atoms with Crippen LogP contribution in [-0.2, 0) is 19.8 Å². The molecule has 3 atom stereocenters. The number of ether oxygens (including phenoxy) is 2. The topological polar surface area (TPSA) is 64.6 Å². The molecule has 0 saturated carbocycles. The van der Waals surface area contributed by atoms with Crippen molar-refractivity contribution in [2.24, 2.45) is 5.92 Å². The molecule has 26 heavy (non-hydrogen) atoms. The minimum Gasteiger partial charge on any atom is -0.444 e. The van der Waals surface area contributed by atoms with E-state index in [1.54, 1.807) is 20.8 Å². The van der Waals surface area contributed by atoms with Crippen molar-refractivity contribution in [2.75, 3.05) is 6.61 Å². The Morgan fingerprint density at radius 2 is 1.92 bits per heavy atom. The molecule has 1 saturated heterocycles. The maximum atomic E-state index is 14.5. The quantitative estimate of drug-likeness (QED) is 0.822. The van der Waals surface area contributed by atoms with Crippen LogP contribution in [0.1, 0.15) is 33.3 Å². The van der Waals surface area contributed by atoms with Crippen molar-refractivity contribution in [3.63, 3.8) is 0 Å². The lowest BCUT2D eigenvalue weighted by molar-refractivity contribution is -0.132. The van der Waals surface area contributed by atoms with Gasteiger partial charge in [-0.15, -0.1) is 0 Å². The van der Waals surface area contributed by atoms with Gasteiger partial charge in [0.1, 0.15) is 29.3 Å². The summed E-state index contributed by atoms with van der Waals surface area (Å²) >= 11 is 0. The molecule has 1 N–H and O–H groups in total. The van der Waals surface area contributed by atoms with Gasteiger partial charge in [-0.1, -0.05) is 18.2 Å². The SMILES string of the molecule is CC(C)(C)OC(=O)NC1(c2ccccc2F)CO[C@H](C(C)(F)F)[C@H]1C=O. The fourth-order valence-electron chi connectivity index (χ4n) is 3.08. The molecular weight excluding hydrogens is 351 g/mol. The number of nitrogens with one attached hydrogen (secondary N) is 1. The van der Waals surface area contributed by atoms with E-state index in [4.69, 9.17) is 9.47 Å². The average molecular weight is 373 g/mol. The van der Waals surface area contributed by atoms with Crippen molar-refractivity contribution < 1.29 is 32.2 Å². The summed E-state index contributed by atoms with van der Waals surface area (Å²) in [4.78, 5) is 24.0. The summed E-state index contributed by atoms with van der Waals surface area (Å²) in [5.74, 6) is -5.63. The first-order valence-corrected chi connectivity index (χ1v) is 8.11. The van der Waals surface area contributed by atoms with Gasteiger partial charge in [0.25, 0.3) is 5.92 Å². The Morgan fingerprint density at radius 1 is 1.31 bits per heavy atom. The van der Waals surface area contributed by atoms with Crippen LogP contribution in [0.4, 0.5) is 18.0 Å². The highest BCUT2D eigenvalue weighted by Crippen LogP contribution is 2.44. The molecule has 5 nitrogen and oxygen atoms in total. The smallest absolute Gasteiger partial charge is 0.408 e. The van der Waals surface area contributed by atoms with Gasteiger partial charge in [-0.25, -0.2) is 18.0 Å². The van der Waals surface area contributed by atoms with E-state index < -0.39 is 47.6 Å². The predicted octanol–water partition coefficient (Wildman–Crippen LogP) is 3.41. The van der Waals surface area contributed by atoms with Crippen LogP contribution in [0.2, 0.25) is 0 Å². The summed E-state index contributed by atoms with van der Waals surface area (Å²) in [7, 11) is 0. The number of halogens is 3. The van der Waals surface area contributed by atoms with Crippen LogP contribution in [0.3, 0.4) is 0 Å². The third-order valence-corrected chi connectivity index (χ3v) is 4.11. The van der Waals surface area contributed by atoms with E-state index >= 15 is 0 Å². The second-order valence-electron chi connectivity index (χ2n) is 7.43. The lowest BCUT2D eigenvalue weighted by atomic mass is 9.77. The normalized spacial score (nSPS) is 26.4. The number of carbonyl (C=O) groups excluding carboxylic acids is 2. The van der Waals surface area contributed by atoms with Gasteiger partial charge in [0.05, 0.1) is 12.5 Å². The number of aldehydes is 1. The number of alkyl carbamates (subject to hydrolysis) is 1. The largest absolute Gasteiger partial charge is 0.444 e. The van der Waals surface area contributed by atoms with Gasteiger partial charge >= 0.3 is 6.09 Å². The van der Waals surface area contributed by atoms with Crippen LogP contribution < -0.4 is 5.32 Å². The van der Waals surface area contributed by atoms with Crippen molar-refractivity contribution in [1.29, 1.82) is 0 Å². The van der Waals surface area contributed by atoms with E-state index in [1.807, 2.05) is 0 Å². The number of hydrogen-bond acceptors (Lipinski definition) is 4. The van der Waals surface area contributed by atoms with Crippen LogP contribution in [0.25, 0.3) is 0 Å². The molecule has 2 rings (SSSR count). The van der Waals surface area contributed by atoms with E-state index in [1.165, 1.54) is 18.2 Å². The third kappa shape index (κ3) is 4.00. The highest BCUT2D eigenvalue weighted by atomic mass is 19.3. The van der Waals surface area contributed by atoms with E-state index in [0.717, 1.165) is 6.07 Å². The van der Waals surface area contributed by atoms with Crippen molar-refractivity contribution in [2.45, 2.75) is 50.9 Å². The summed E-state index contributed by atoms with van der Waals surface area (Å²) in [6.45, 7) is 4.97. The monoisotopic (exact) mass is 373 g/mol. The first-order chi connectivity index (χ1) is 11.9. The van der Waals surface area contributed by atoms with Crippen LogP contribution in [-0.4, -0.2) is 36.6 Å². The first kappa shape index (κ1) is 20.2. The molecule has 1 amide bonds. The van der Waals surface area contributed by atoms with Crippen molar-refractivity contribution in [3.8, 4) is 0 Å². The fourth-order valence-corrected chi connectivity index (χ4v) is 3.08. The minimum atomic E-state index is -3.37. The van der Waals surface area contributed by atoms with Crippen LogP contribution in [0.15, 0.2) is 24.3 Å². The molecule has 8 heteroatoms. The molecule has 1 heterocycles. The standard InChI is InChI=1S/C18H22F3NO4/c1-16(2,3)26-15(24)22-18(11-7-5-6-8-13(11)19)10-25-14(12(18)9-23)17(4,20)21/h5-9,12,14H,10H2,1-4H3,(H,22,24)/t12-,14+,18?/m1/s1. The Hall–Kier alpha value is -2.09. The summed E-state index contributed by atoms with van der Waals surface area (Å²) in [5.41, 5.74) is -2.79. The molecule has 144 valence electrons. The Bertz CT molecular complexity index is 684. The molecule has 1 unspecified atom stereocenters. The molecule has 0 bridgehead atoms. The highest BCUT2D eigenvalue weighted by Gasteiger charge is 2.59. The Morgan fingerprint density at radius 3 is 2.42 bits per heavy atom. The van der Waals surface area contributed by atoms with Gasteiger partial charge in [0.15, 0.2) is 0 Å². The molecule has 1 aromatic rings. The van der Waals surface area contributed by atoms with Gasteiger partial charge in [-0.2, -0.15) is 0 Å². The molecule has 1 aliphatic rings. The predicted molar refractivity (Wildman–Crippen MR) is 87.4 cm³/mol. The molecule has 1 aromatic carbocycles. The molecular formula is C18H22F3NO4. The van der Waals surface area contributed by atoms with E-state index in [2.05, 4.69) is 5.32 Å². The van der Waals surface area contributed by atoms with E-state index in [9.17, 15) is 22.8 Å². The van der Waals surface area contributed by atoms with Gasteiger partial charge < -0.3 is 19.6 Å². The average Bonchev–Trinajstić information content (AvgIpc) is 2.84. The molecule has 0 spiro atoms. The molecule has 0 radical (unpaired) electrons.